The quantitative estimate of drug-likeness (QED) is 0.340. The Morgan fingerprint density at radius 1 is 1.20 bits per heavy atom. The number of carbonyl (C=O) groups is 4. The first-order valence-electron chi connectivity index (χ1n) is 16.2. The molecule has 14 heteroatoms. The number of amides is 3. The highest BCUT2D eigenvalue weighted by Gasteiger charge is 2.73. The van der Waals surface area contributed by atoms with Crippen LogP contribution in [0.1, 0.15) is 59.9 Å². The van der Waals surface area contributed by atoms with E-state index in [1.807, 2.05) is 13.0 Å². The fraction of sp³-hybridized carbons (Fsp3) is 0.600. The van der Waals surface area contributed by atoms with Gasteiger partial charge in [-0.1, -0.05) is 42.3 Å². The molecule has 2 fully saturated rings. The van der Waals surface area contributed by atoms with Crippen LogP contribution in [0.3, 0.4) is 0 Å². The van der Waals surface area contributed by atoms with Crippen molar-refractivity contribution in [3.63, 3.8) is 0 Å². The summed E-state index contributed by atoms with van der Waals surface area (Å²) in [6, 6.07) is 2.62. The molecule has 3 aliphatic heterocycles. The van der Waals surface area contributed by atoms with Crippen LogP contribution in [0.2, 0.25) is 5.02 Å². The first kappa shape index (κ1) is 38.2. The lowest BCUT2D eigenvalue weighted by molar-refractivity contribution is -0.161. The molecular formula is C35H48ClN3O10. The number of fused-ring (bicyclic) bond motifs is 5. The van der Waals surface area contributed by atoms with E-state index in [0.717, 1.165) is 11.1 Å². The van der Waals surface area contributed by atoms with Crippen LogP contribution in [0.15, 0.2) is 35.9 Å². The second kappa shape index (κ2) is 14.3. The summed E-state index contributed by atoms with van der Waals surface area (Å²) in [6.07, 6.45) is 1.55. The van der Waals surface area contributed by atoms with Crippen LogP contribution in [-0.2, 0) is 39.8 Å². The Hall–Kier alpha value is -3.65. The van der Waals surface area contributed by atoms with E-state index in [1.54, 1.807) is 52.1 Å². The van der Waals surface area contributed by atoms with E-state index >= 15 is 0 Å². The number of epoxide rings is 1. The molecule has 0 radical (unpaired) electrons. The number of hydrogen-bond acceptors (Lipinski definition) is 10. The molecule has 3 aliphatic rings. The molecule has 13 nitrogen and oxygen atoms in total. The van der Waals surface area contributed by atoms with Gasteiger partial charge in [-0.25, -0.2) is 9.59 Å². The number of aliphatic hydroxyl groups is 1. The third kappa shape index (κ3) is 7.45. The van der Waals surface area contributed by atoms with Crippen molar-refractivity contribution in [2.45, 2.75) is 102 Å². The van der Waals surface area contributed by atoms with E-state index in [4.69, 9.17) is 35.3 Å². The molecule has 270 valence electrons. The van der Waals surface area contributed by atoms with E-state index in [2.05, 4.69) is 5.32 Å². The van der Waals surface area contributed by atoms with Crippen molar-refractivity contribution in [2.75, 3.05) is 33.2 Å². The molecule has 49 heavy (non-hydrogen) atoms. The number of likely N-dealkylation sites (N-methyl/N-ethyl adjacent to an activating group) is 1. The molecule has 3 amide bonds. The number of allylic oxidation sites excluding steroid dienone is 3. The molecule has 3 heterocycles. The van der Waals surface area contributed by atoms with E-state index in [0.29, 0.717) is 17.9 Å². The molecule has 1 aromatic carbocycles. The predicted octanol–water partition coefficient (Wildman–Crippen LogP) is 3.92. The number of methoxy groups -OCH3 is 2. The number of nitrogens with one attached hydrogen (secondary N) is 1. The fourth-order valence-corrected chi connectivity index (χ4v) is 6.94. The van der Waals surface area contributed by atoms with Crippen LogP contribution in [0.4, 0.5) is 10.5 Å². The van der Waals surface area contributed by atoms with Gasteiger partial charge in [0.25, 0.3) is 0 Å². The second-order valence-corrected chi connectivity index (χ2v) is 13.9. The van der Waals surface area contributed by atoms with Gasteiger partial charge >= 0.3 is 12.1 Å². The summed E-state index contributed by atoms with van der Waals surface area (Å²) in [6.45, 7) is 10.1. The first-order chi connectivity index (χ1) is 22.8. The van der Waals surface area contributed by atoms with Crippen molar-refractivity contribution >= 4 is 41.2 Å². The number of alkyl carbamates (subject to hydrolysis) is 1. The van der Waals surface area contributed by atoms with Crippen LogP contribution in [0.25, 0.3) is 0 Å². The topological polar surface area (TPSA) is 156 Å². The van der Waals surface area contributed by atoms with Gasteiger partial charge in [0.2, 0.25) is 11.8 Å². The van der Waals surface area contributed by atoms with E-state index in [1.165, 1.54) is 44.9 Å². The summed E-state index contributed by atoms with van der Waals surface area (Å²) in [5, 5.41) is 14.5. The standard InChI is InChI=1S/C35H48ClN3O10/c1-19-12-11-13-27(46-10)35(44)18-26(47-32(43)37-35)20(2)33(5)34(6,49-33)28(48-31(42)21(3)38(7)22(4)40)17-29(41)39(8)24-15-23(14-19)16-25(45-9)30(24)36/h11-13,15-16,20-21,26-28,44H,14,17-18H2,1-10H3,(H,37,43)/b13-11+,19-12+/t20-,21+,26+,27-,28+,33-,34+,35+/m1/s1. The molecule has 4 rings (SSSR count). The number of hydrogen-bond donors (Lipinski definition) is 2. The summed E-state index contributed by atoms with van der Waals surface area (Å²) in [5.41, 5.74) is -2.06. The summed E-state index contributed by atoms with van der Waals surface area (Å²) < 4.78 is 29.3. The van der Waals surface area contributed by atoms with Gasteiger partial charge in [0.05, 0.1) is 19.2 Å². The average molecular weight is 706 g/mol. The Morgan fingerprint density at radius 3 is 2.49 bits per heavy atom. The lowest BCUT2D eigenvalue weighted by Crippen LogP contribution is -2.64. The Bertz CT molecular complexity index is 1550. The largest absolute Gasteiger partial charge is 0.495 e. The third-order valence-corrected chi connectivity index (χ3v) is 10.8. The zero-order valence-corrected chi connectivity index (χ0v) is 30.5. The Labute approximate surface area is 292 Å². The van der Waals surface area contributed by atoms with Crippen molar-refractivity contribution in [2.24, 2.45) is 5.92 Å². The first-order valence-corrected chi connectivity index (χ1v) is 16.5. The van der Waals surface area contributed by atoms with Crippen LogP contribution in [0, 0.1) is 5.92 Å². The second-order valence-electron chi connectivity index (χ2n) is 13.6. The van der Waals surface area contributed by atoms with Gasteiger partial charge in [-0.05, 0) is 51.8 Å². The summed E-state index contributed by atoms with van der Waals surface area (Å²) in [7, 11) is 5.97. The highest BCUT2D eigenvalue weighted by Crippen LogP contribution is 2.58. The van der Waals surface area contributed by atoms with Gasteiger partial charge in [0, 0.05) is 40.5 Å². The molecular weight excluding hydrogens is 658 g/mol. The van der Waals surface area contributed by atoms with Gasteiger partial charge in [-0.15, -0.1) is 0 Å². The Kier molecular flexibility index (Phi) is 11.1. The van der Waals surface area contributed by atoms with Crippen LogP contribution >= 0.6 is 11.6 Å². The molecule has 1 aromatic rings. The summed E-state index contributed by atoms with van der Waals surface area (Å²) >= 11 is 6.73. The molecule has 8 atom stereocenters. The molecule has 0 unspecified atom stereocenters. The van der Waals surface area contributed by atoms with Gasteiger partial charge < -0.3 is 38.6 Å². The predicted molar refractivity (Wildman–Crippen MR) is 181 cm³/mol. The lowest BCUT2D eigenvalue weighted by atomic mass is 9.76. The molecule has 2 N–H and O–H groups in total. The zero-order chi connectivity index (χ0) is 36.6. The van der Waals surface area contributed by atoms with Gasteiger partial charge in [-0.3, -0.25) is 14.9 Å². The van der Waals surface area contributed by atoms with Gasteiger partial charge in [0.1, 0.15) is 46.3 Å². The van der Waals surface area contributed by atoms with Crippen molar-refractivity contribution < 1.29 is 48.0 Å². The minimum Gasteiger partial charge on any atom is -0.495 e. The lowest BCUT2D eigenvalue weighted by Gasteiger charge is -2.43. The van der Waals surface area contributed by atoms with Crippen molar-refractivity contribution in [3.8, 4) is 5.75 Å². The van der Waals surface area contributed by atoms with Crippen molar-refractivity contribution in [1.29, 1.82) is 0 Å². The molecule has 4 bridgehead atoms. The Balaban J connectivity index is 1.83. The summed E-state index contributed by atoms with van der Waals surface area (Å²) in [5.74, 6) is -1.70. The number of anilines is 1. The number of esters is 1. The smallest absolute Gasteiger partial charge is 0.409 e. The molecule has 0 saturated carbocycles. The van der Waals surface area contributed by atoms with Crippen LogP contribution in [0.5, 0.6) is 5.75 Å². The number of carbonyl (C=O) groups excluding carboxylic acids is 4. The van der Waals surface area contributed by atoms with E-state index in [9.17, 15) is 24.3 Å². The molecule has 0 aromatic heterocycles. The molecule has 2 saturated heterocycles. The van der Waals surface area contributed by atoms with E-state index in [-0.39, 0.29) is 23.8 Å². The zero-order valence-electron chi connectivity index (χ0n) is 29.8. The number of ether oxygens (including phenoxy) is 5. The normalized spacial score (nSPS) is 34.3. The summed E-state index contributed by atoms with van der Waals surface area (Å²) in [4.78, 5) is 55.1. The molecule has 0 spiro atoms. The highest BCUT2D eigenvalue weighted by molar-refractivity contribution is 6.35. The SMILES string of the molecule is COc1cc2cc(c1Cl)N(C)C(=O)C[C@H](OC(=O)[C@H](C)N(C)C(C)=O)[C@]1(C)O[C@]1(C)[C@H](C)[C@@H]1C[C@@](O)(NC(=O)O1)[C@H](OC)/C=C/C=C(\C)C2. The number of rotatable bonds is 5. The van der Waals surface area contributed by atoms with Gasteiger partial charge in [-0.2, -0.15) is 0 Å². The maximum atomic E-state index is 14.1. The van der Waals surface area contributed by atoms with E-state index < -0.39 is 65.2 Å². The average Bonchev–Trinajstić information content (AvgIpc) is 3.63. The minimum absolute atomic E-state index is 0.0584. The maximum absolute atomic E-state index is 14.1. The highest BCUT2D eigenvalue weighted by atomic mass is 35.5. The number of benzene rings is 1. The maximum Gasteiger partial charge on any atom is 0.409 e. The van der Waals surface area contributed by atoms with Crippen molar-refractivity contribution in [1.82, 2.24) is 10.2 Å². The number of halogens is 1. The fourth-order valence-electron chi connectivity index (χ4n) is 6.63. The molecule has 0 aliphatic carbocycles. The monoisotopic (exact) mass is 705 g/mol. The van der Waals surface area contributed by atoms with Crippen molar-refractivity contribution in [3.05, 3.63) is 46.5 Å². The van der Waals surface area contributed by atoms with Crippen LogP contribution in [-0.4, -0.2) is 103 Å². The van der Waals surface area contributed by atoms with Gasteiger partial charge in [0.15, 0.2) is 5.72 Å². The Morgan fingerprint density at radius 2 is 1.88 bits per heavy atom. The minimum atomic E-state index is -1.83. The third-order valence-electron chi connectivity index (χ3n) is 10.4. The van der Waals surface area contributed by atoms with Crippen LogP contribution < -0.4 is 15.0 Å². The number of nitrogens with zero attached hydrogens (tertiary/aromatic N) is 2.